The van der Waals surface area contributed by atoms with Crippen LogP contribution in [0.4, 0.5) is 14.6 Å². The third-order valence-corrected chi connectivity index (χ3v) is 2.25. The van der Waals surface area contributed by atoms with Gasteiger partial charge in [-0.3, -0.25) is 4.79 Å². The molecule has 0 bridgehead atoms. The van der Waals surface area contributed by atoms with E-state index < -0.39 is 18.0 Å². The smallest absolute Gasteiger partial charge is 0.310 e. The first kappa shape index (κ1) is 14.1. The number of nitrogens with two attached hydrogens (primary N) is 1. The lowest BCUT2D eigenvalue weighted by atomic mass is 10.1. The second-order valence-electron chi connectivity index (χ2n) is 3.40. The zero-order valence-electron chi connectivity index (χ0n) is 10.1. The minimum Gasteiger partial charge on any atom is -0.492 e. The standard InChI is InChI=1S/C11H14F2N2O3/c1-3-18-7(16)4-6-5-15-11(14)9(17-2)8(6)10(12)13/h5,10H,3-4H2,1-2H3,(H2,14,15). The molecule has 1 rings (SSSR count). The minimum absolute atomic E-state index is 0.0505. The van der Waals surface area contributed by atoms with Gasteiger partial charge in [-0.25, -0.2) is 13.8 Å². The number of hydrogen-bond acceptors (Lipinski definition) is 5. The lowest BCUT2D eigenvalue weighted by molar-refractivity contribution is -0.142. The van der Waals surface area contributed by atoms with Crippen LogP contribution in [0.2, 0.25) is 0 Å². The Morgan fingerprint density at radius 3 is 2.72 bits per heavy atom. The van der Waals surface area contributed by atoms with E-state index in [0.29, 0.717) is 0 Å². The number of esters is 1. The highest BCUT2D eigenvalue weighted by Crippen LogP contribution is 2.35. The fourth-order valence-electron chi connectivity index (χ4n) is 1.52. The second-order valence-corrected chi connectivity index (χ2v) is 3.40. The SMILES string of the molecule is CCOC(=O)Cc1cnc(N)c(OC)c1C(F)F. The van der Waals surface area contributed by atoms with Gasteiger partial charge >= 0.3 is 5.97 Å². The molecule has 2 N–H and O–H groups in total. The highest BCUT2D eigenvalue weighted by atomic mass is 19.3. The van der Waals surface area contributed by atoms with Crippen molar-refractivity contribution >= 4 is 11.8 Å². The van der Waals surface area contributed by atoms with Gasteiger partial charge < -0.3 is 15.2 Å². The Hall–Kier alpha value is -1.92. The highest BCUT2D eigenvalue weighted by Gasteiger charge is 2.23. The molecule has 0 fully saturated rings. The van der Waals surface area contributed by atoms with Crippen LogP contribution in [-0.4, -0.2) is 24.7 Å². The van der Waals surface area contributed by atoms with Gasteiger partial charge in [0.15, 0.2) is 11.6 Å². The van der Waals surface area contributed by atoms with Crippen LogP contribution in [0.5, 0.6) is 5.75 Å². The number of ether oxygens (including phenoxy) is 2. The van der Waals surface area contributed by atoms with Crippen LogP contribution < -0.4 is 10.5 Å². The number of halogens is 2. The van der Waals surface area contributed by atoms with Crippen LogP contribution in [0.3, 0.4) is 0 Å². The third kappa shape index (κ3) is 3.06. The van der Waals surface area contributed by atoms with Crippen LogP contribution in [0, 0.1) is 0 Å². The van der Waals surface area contributed by atoms with Gasteiger partial charge in [0.2, 0.25) is 0 Å². The van der Waals surface area contributed by atoms with E-state index in [-0.39, 0.29) is 30.2 Å². The first-order chi connectivity index (χ1) is 8.51. The summed E-state index contributed by atoms with van der Waals surface area (Å²) in [5.41, 5.74) is 5.07. The van der Waals surface area contributed by atoms with E-state index in [4.69, 9.17) is 15.2 Å². The van der Waals surface area contributed by atoms with E-state index in [9.17, 15) is 13.6 Å². The summed E-state index contributed by atoms with van der Waals surface area (Å²) in [6.45, 7) is 1.82. The Morgan fingerprint density at radius 2 is 2.22 bits per heavy atom. The van der Waals surface area contributed by atoms with Crippen molar-refractivity contribution in [2.24, 2.45) is 0 Å². The molecule has 1 aromatic rings. The van der Waals surface area contributed by atoms with Crippen LogP contribution in [0.15, 0.2) is 6.20 Å². The van der Waals surface area contributed by atoms with E-state index in [2.05, 4.69) is 4.98 Å². The maximum Gasteiger partial charge on any atom is 0.310 e. The second kappa shape index (κ2) is 6.13. The largest absolute Gasteiger partial charge is 0.492 e. The van der Waals surface area contributed by atoms with Crippen molar-refractivity contribution in [1.82, 2.24) is 4.98 Å². The number of nitrogen functional groups attached to an aromatic ring is 1. The number of aromatic nitrogens is 1. The monoisotopic (exact) mass is 260 g/mol. The van der Waals surface area contributed by atoms with Crippen LogP contribution in [0.1, 0.15) is 24.5 Å². The number of methoxy groups -OCH3 is 1. The van der Waals surface area contributed by atoms with Crippen molar-refractivity contribution in [2.45, 2.75) is 19.8 Å². The highest BCUT2D eigenvalue weighted by molar-refractivity contribution is 5.74. The average molecular weight is 260 g/mol. The van der Waals surface area contributed by atoms with Crippen molar-refractivity contribution in [2.75, 3.05) is 19.5 Å². The number of carbonyl (C=O) groups is 1. The molecule has 0 aliphatic heterocycles. The Labute approximate surface area is 103 Å². The average Bonchev–Trinajstić information content (AvgIpc) is 2.30. The van der Waals surface area contributed by atoms with E-state index in [1.807, 2.05) is 0 Å². The molecule has 0 aliphatic rings. The summed E-state index contributed by atoms with van der Waals surface area (Å²) in [6, 6.07) is 0. The molecule has 1 aromatic heterocycles. The molecule has 7 heteroatoms. The summed E-state index contributed by atoms with van der Waals surface area (Å²) in [4.78, 5) is 15.0. The predicted molar refractivity (Wildman–Crippen MR) is 60.5 cm³/mol. The molecule has 5 nitrogen and oxygen atoms in total. The van der Waals surface area contributed by atoms with Gasteiger partial charge in [0, 0.05) is 6.20 Å². The van der Waals surface area contributed by atoms with Crippen molar-refractivity contribution in [3.63, 3.8) is 0 Å². The number of anilines is 1. The van der Waals surface area contributed by atoms with Crippen molar-refractivity contribution in [1.29, 1.82) is 0 Å². The van der Waals surface area contributed by atoms with Crippen LogP contribution in [0.25, 0.3) is 0 Å². The van der Waals surface area contributed by atoms with E-state index >= 15 is 0 Å². The molecular formula is C11H14F2N2O3. The normalized spacial score (nSPS) is 10.5. The number of rotatable bonds is 5. The van der Waals surface area contributed by atoms with Crippen LogP contribution in [-0.2, 0) is 16.0 Å². The quantitative estimate of drug-likeness (QED) is 0.816. The lowest BCUT2D eigenvalue weighted by Crippen LogP contribution is -2.12. The molecule has 0 atom stereocenters. The summed E-state index contributed by atoms with van der Waals surface area (Å²) in [6.07, 6.45) is -1.97. The van der Waals surface area contributed by atoms with Gasteiger partial charge in [-0.2, -0.15) is 0 Å². The summed E-state index contributed by atoms with van der Waals surface area (Å²) in [5.74, 6) is -0.944. The summed E-state index contributed by atoms with van der Waals surface area (Å²) in [5, 5.41) is 0. The van der Waals surface area contributed by atoms with Crippen molar-refractivity contribution in [3.05, 3.63) is 17.3 Å². The molecule has 18 heavy (non-hydrogen) atoms. The first-order valence-electron chi connectivity index (χ1n) is 5.26. The zero-order chi connectivity index (χ0) is 13.7. The molecule has 0 amide bonds. The number of pyridine rings is 1. The number of nitrogens with zero attached hydrogens (tertiary/aromatic N) is 1. The molecule has 0 saturated carbocycles. The number of carbonyl (C=O) groups excluding carboxylic acids is 1. The van der Waals surface area contributed by atoms with Crippen LogP contribution >= 0.6 is 0 Å². The topological polar surface area (TPSA) is 74.4 Å². The molecular weight excluding hydrogens is 246 g/mol. The third-order valence-electron chi connectivity index (χ3n) is 2.25. The molecule has 0 aliphatic carbocycles. The molecule has 0 saturated heterocycles. The fraction of sp³-hybridized carbons (Fsp3) is 0.455. The fourth-order valence-corrected chi connectivity index (χ4v) is 1.52. The molecule has 100 valence electrons. The summed E-state index contributed by atoms with van der Waals surface area (Å²) >= 11 is 0. The van der Waals surface area contributed by atoms with Gasteiger partial charge in [0.05, 0.1) is 25.7 Å². The Morgan fingerprint density at radius 1 is 1.56 bits per heavy atom. The maximum absolute atomic E-state index is 13.0. The Kier molecular flexibility index (Phi) is 4.82. The minimum atomic E-state index is -2.81. The molecule has 0 aromatic carbocycles. The number of alkyl halides is 2. The van der Waals surface area contributed by atoms with Gasteiger partial charge in [-0.1, -0.05) is 0 Å². The molecule has 0 radical (unpaired) electrons. The van der Waals surface area contributed by atoms with Gasteiger partial charge in [-0.15, -0.1) is 0 Å². The predicted octanol–water partition coefficient (Wildman–Crippen LogP) is 1.72. The van der Waals surface area contributed by atoms with Gasteiger partial charge in [-0.05, 0) is 12.5 Å². The molecule has 0 unspecified atom stereocenters. The molecule has 0 spiro atoms. The van der Waals surface area contributed by atoms with Crippen molar-refractivity contribution < 1.29 is 23.0 Å². The number of hydrogen-bond donors (Lipinski definition) is 1. The van der Waals surface area contributed by atoms with Gasteiger partial charge in [0.25, 0.3) is 6.43 Å². The maximum atomic E-state index is 13.0. The van der Waals surface area contributed by atoms with Gasteiger partial charge in [0.1, 0.15) is 0 Å². The Balaban J connectivity index is 3.15. The Bertz CT molecular complexity index is 439. The summed E-state index contributed by atoms with van der Waals surface area (Å²) in [7, 11) is 1.22. The lowest BCUT2D eigenvalue weighted by Gasteiger charge is -2.14. The zero-order valence-corrected chi connectivity index (χ0v) is 10.1. The first-order valence-corrected chi connectivity index (χ1v) is 5.26. The summed E-state index contributed by atoms with van der Waals surface area (Å²) < 4.78 is 35.5. The van der Waals surface area contributed by atoms with E-state index in [1.165, 1.54) is 7.11 Å². The van der Waals surface area contributed by atoms with E-state index in [1.54, 1.807) is 6.92 Å². The van der Waals surface area contributed by atoms with E-state index in [0.717, 1.165) is 6.20 Å². The molecule has 1 heterocycles. The van der Waals surface area contributed by atoms with Crippen molar-refractivity contribution in [3.8, 4) is 5.75 Å².